The van der Waals surface area contributed by atoms with Crippen molar-refractivity contribution in [3.05, 3.63) is 95.3 Å². The number of aryl methyl sites for hydroxylation is 2. The Morgan fingerprint density at radius 1 is 0.846 bits per heavy atom. The molecule has 0 unspecified atom stereocenters. The number of benzene rings is 3. The molecule has 2 nitrogen and oxygen atoms in total. The van der Waals surface area contributed by atoms with E-state index in [1.807, 2.05) is 18.2 Å². The van der Waals surface area contributed by atoms with Crippen LogP contribution in [-0.2, 0) is 18.7 Å². The first-order valence-corrected chi connectivity index (χ1v) is 10.0. The van der Waals surface area contributed by atoms with Crippen molar-refractivity contribution in [2.24, 2.45) is 0 Å². The van der Waals surface area contributed by atoms with E-state index in [0.717, 1.165) is 35.1 Å². The molecule has 0 spiro atoms. The Bertz CT molecular complexity index is 994. The number of hydrogen-bond donors (Lipinski definition) is 0. The molecular formula is C22H19ClN2S. The summed E-state index contributed by atoms with van der Waals surface area (Å²) in [5.41, 5.74) is 3.61. The van der Waals surface area contributed by atoms with Crippen LogP contribution >= 0.6 is 23.4 Å². The van der Waals surface area contributed by atoms with Crippen LogP contribution in [-0.4, -0.2) is 9.55 Å². The summed E-state index contributed by atoms with van der Waals surface area (Å²) >= 11 is 7.77. The van der Waals surface area contributed by atoms with Crippen LogP contribution in [0.5, 0.6) is 0 Å². The highest BCUT2D eigenvalue weighted by Crippen LogP contribution is 2.26. The Hall–Kier alpha value is -2.23. The van der Waals surface area contributed by atoms with Crippen molar-refractivity contribution in [2.45, 2.75) is 23.6 Å². The predicted molar refractivity (Wildman–Crippen MR) is 111 cm³/mol. The molecule has 130 valence electrons. The van der Waals surface area contributed by atoms with Crippen LogP contribution in [0.4, 0.5) is 0 Å². The summed E-state index contributed by atoms with van der Waals surface area (Å²) in [7, 11) is 0. The Kier molecular flexibility index (Phi) is 5.28. The van der Waals surface area contributed by atoms with Gasteiger partial charge in [0.1, 0.15) is 5.82 Å². The molecule has 1 heterocycles. The van der Waals surface area contributed by atoms with Crippen LogP contribution in [0, 0.1) is 0 Å². The van der Waals surface area contributed by atoms with Gasteiger partial charge in [0, 0.05) is 16.5 Å². The molecule has 0 saturated heterocycles. The highest BCUT2D eigenvalue weighted by molar-refractivity contribution is 7.98. The molecule has 0 saturated carbocycles. The van der Waals surface area contributed by atoms with E-state index in [0.29, 0.717) is 0 Å². The number of halogens is 1. The summed E-state index contributed by atoms with van der Waals surface area (Å²) in [5, 5.41) is 0.768. The maximum Gasteiger partial charge on any atom is 0.120 e. The third kappa shape index (κ3) is 3.95. The van der Waals surface area contributed by atoms with E-state index in [4.69, 9.17) is 16.6 Å². The van der Waals surface area contributed by atoms with Gasteiger partial charge in [0.25, 0.3) is 0 Å². The molecule has 0 fully saturated rings. The fourth-order valence-corrected chi connectivity index (χ4v) is 4.02. The maximum atomic E-state index is 5.98. The normalized spacial score (nSPS) is 11.1. The van der Waals surface area contributed by atoms with E-state index in [-0.39, 0.29) is 0 Å². The zero-order chi connectivity index (χ0) is 17.8. The number of imidazole rings is 1. The second-order valence-corrected chi connectivity index (χ2v) is 7.63. The number of hydrogen-bond acceptors (Lipinski definition) is 2. The van der Waals surface area contributed by atoms with Crippen LogP contribution in [0.15, 0.2) is 83.8 Å². The molecule has 3 aromatic carbocycles. The Balaban J connectivity index is 1.57. The van der Waals surface area contributed by atoms with Crippen molar-refractivity contribution < 1.29 is 0 Å². The Morgan fingerprint density at radius 2 is 1.58 bits per heavy atom. The zero-order valence-corrected chi connectivity index (χ0v) is 15.9. The van der Waals surface area contributed by atoms with Gasteiger partial charge < -0.3 is 4.57 Å². The average Bonchev–Trinajstić information content (AvgIpc) is 3.04. The lowest BCUT2D eigenvalue weighted by Crippen LogP contribution is -2.05. The van der Waals surface area contributed by atoms with Crippen molar-refractivity contribution >= 4 is 34.4 Å². The van der Waals surface area contributed by atoms with Gasteiger partial charge in [-0.15, -0.1) is 11.8 Å². The smallest absolute Gasteiger partial charge is 0.120 e. The minimum absolute atomic E-state index is 0.768. The molecule has 0 atom stereocenters. The van der Waals surface area contributed by atoms with Gasteiger partial charge in [0.2, 0.25) is 0 Å². The molecule has 0 radical (unpaired) electrons. The van der Waals surface area contributed by atoms with E-state index < -0.39 is 0 Å². The molecular weight excluding hydrogens is 360 g/mol. The van der Waals surface area contributed by atoms with Gasteiger partial charge in [-0.3, -0.25) is 0 Å². The van der Waals surface area contributed by atoms with Gasteiger partial charge in [-0.1, -0.05) is 54.1 Å². The van der Waals surface area contributed by atoms with E-state index in [1.165, 1.54) is 16.0 Å². The predicted octanol–water partition coefficient (Wildman–Crippen LogP) is 6.22. The molecule has 1 aromatic heterocycles. The van der Waals surface area contributed by atoms with Gasteiger partial charge in [-0.25, -0.2) is 4.98 Å². The fraction of sp³-hybridized carbons (Fsp3) is 0.136. The van der Waals surface area contributed by atoms with Gasteiger partial charge in [-0.05, 0) is 48.4 Å². The third-order valence-corrected chi connectivity index (χ3v) is 5.64. The van der Waals surface area contributed by atoms with Crippen LogP contribution in [0.3, 0.4) is 0 Å². The zero-order valence-electron chi connectivity index (χ0n) is 14.3. The fourth-order valence-electron chi connectivity index (χ4n) is 3.05. The van der Waals surface area contributed by atoms with Crippen LogP contribution in [0.1, 0.15) is 11.4 Å². The number of thioether (sulfide) groups is 1. The van der Waals surface area contributed by atoms with Crippen molar-refractivity contribution in [1.82, 2.24) is 9.55 Å². The molecule has 4 rings (SSSR count). The lowest BCUT2D eigenvalue weighted by atomic mass is 10.1. The molecule has 0 bridgehead atoms. The number of fused-ring (bicyclic) bond motifs is 1. The maximum absolute atomic E-state index is 5.98. The van der Waals surface area contributed by atoms with E-state index >= 15 is 0 Å². The van der Waals surface area contributed by atoms with E-state index in [1.54, 1.807) is 11.8 Å². The lowest BCUT2D eigenvalue weighted by Gasteiger charge is -2.09. The number of para-hydroxylation sites is 2. The molecule has 0 aliphatic carbocycles. The summed E-state index contributed by atoms with van der Waals surface area (Å²) < 4.78 is 2.35. The Morgan fingerprint density at radius 3 is 2.38 bits per heavy atom. The van der Waals surface area contributed by atoms with E-state index in [2.05, 4.69) is 65.2 Å². The third-order valence-electron chi connectivity index (χ3n) is 4.38. The monoisotopic (exact) mass is 378 g/mol. The molecule has 26 heavy (non-hydrogen) atoms. The molecule has 4 heteroatoms. The second-order valence-electron chi connectivity index (χ2n) is 6.15. The van der Waals surface area contributed by atoms with Crippen molar-refractivity contribution in [3.8, 4) is 0 Å². The van der Waals surface area contributed by atoms with E-state index in [9.17, 15) is 0 Å². The highest BCUT2D eigenvalue weighted by atomic mass is 35.5. The summed E-state index contributed by atoms with van der Waals surface area (Å²) in [6, 6.07) is 27.0. The highest BCUT2D eigenvalue weighted by Gasteiger charge is 2.11. The minimum Gasteiger partial charge on any atom is -0.327 e. The van der Waals surface area contributed by atoms with Crippen LogP contribution in [0.2, 0.25) is 5.02 Å². The summed E-state index contributed by atoms with van der Waals surface area (Å²) in [6.07, 6.45) is 1.000. The molecule has 0 aliphatic heterocycles. The molecule has 0 N–H and O–H groups in total. The number of rotatable bonds is 6. The molecule has 0 aliphatic rings. The minimum atomic E-state index is 0.768. The topological polar surface area (TPSA) is 17.8 Å². The lowest BCUT2D eigenvalue weighted by molar-refractivity contribution is 0.689. The van der Waals surface area contributed by atoms with Crippen molar-refractivity contribution in [1.29, 1.82) is 0 Å². The summed E-state index contributed by atoms with van der Waals surface area (Å²) in [5.74, 6) is 1.95. The van der Waals surface area contributed by atoms with Crippen molar-refractivity contribution in [3.63, 3.8) is 0 Å². The Labute approximate surface area is 162 Å². The first-order chi connectivity index (χ1) is 12.8. The standard InChI is InChI=1S/C22H19ClN2S/c23-18-10-12-19(13-11-18)26-16-22-24-20-8-4-5-9-21(20)25(22)15-14-17-6-2-1-3-7-17/h1-13H,14-16H2. The first kappa shape index (κ1) is 17.2. The average molecular weight is 379 g/mol. The van der Waals surface area contributed by atoms with Gasteiger partial charge in [0.05, 0.1) is 16.8 Å². The molecule has 4 aromatic rings. The van der Waals surface area contributed by atoms with Gasteiger partial charge in [0.15, 0.2) is 0 Å². The number of aromatic nitrogens is 2. The quantitative estimate of drug-likeness (QED) is 0.370. The van der Waals surface area contributed by atoms with Crippen LogP contribution in [0.25, 0.3) is 11.0 Å². The van der Waals surface area contributed by atoms with Crippen LogP contribution < -0.4 is 0 Å². The second kappa shape index (κ2) is 7.98. The largest absolute Gasteiger partial charge is 0.327 e. The first-order valence-electron chi connectivity index (χ1n) is 8.66. The van der Waals surface area contributed by atoms with Gasteiger partial charge in [-0.2, -0.15) is 0 Å². The number of nitrogens with zero attached hydrogens (tertiary/aromatic N) is 2. The van der Waals surface area contributed by atoms with Crippen molar-refractivity contribution in [2.75, 3.05) is 0 Å². The summed E-state index contributed by atoms with van der Waals surface area (Å²) in [6.45, 7) is 0.932. The molecule has 0 amide bonds. The van der Waals surface area contributed by atoms with Gasteiger partial charge >= 0.3 is 0 Å². The SMILES string of the molecule is Clc1ccc(SCc2nc3ccccc3n2CCc2ccccc2)cc1. The summed E-state index contributed by atoms with van der Waals surface area (Å²) in [4.78, 5) is 6.08.